The van der Waals surface area contributed by atoms with Crippen molar-refractivity contribution >= 4 is 23.3 Å². The number of carbonyl (C=O) groups is 2. The number of imide groups is 1. The van der Waals surface area contributed by atoms with E-state index >= 15 is 0 Å². The van der Waals surface area contributed by atoms with Crippen molar-refractivity contribution in [3.05, 3.63) is 47.7 Å². The zero-order valence-corrected chi connectivity index (χ0v) is 14.7. The maximum absolute atomic E-state index is 12.1. The van der Waals surface area contributed by atoms with Gasteiger partial charge in [0.15, 0.2) is 0 Å². The van der Waals surface area contributed by atoms with Gasteiger partial charge in [0.25, 0.3) is 0 Å². The van der Waals surface area contributed by atoms with Gasteiger partial charge in [0.1, 0.15) is 6.04 Å². The zero-order valence-electron chi connectivity index (χ0n) is 14.7. The molecule has 1 atom stereocenters. The van der Waals surface area contributed by atoms with Gasteiger partial charge in [0.05, 0.1) is 19.0 Å². The minimum absolute atomic E-state index is 0.446. The SMILES string of the molecule is COc1ccc(N[C@@H](C)C(=O)NC(=O)Nc2ccc(C)cc2C)cn1. The summed E-state index contributed by atoms with van der Waals surface area (Å²) >= 11 is 0. The molecule has 0 aliphatic heterocycles. The van der Waals surface area contributed by atoms with Crippen LogP contribution in [0.4, 0.5) is 16.2 Å². The molecule has 1 aromatic carbocycles. The molecule has 7 nitrogen and oxygen atoms in total. The monoisotopic (exact) mass is 342 g/mol. The molecule has 3 amide bonds. The maximum atomic E-state index is 12.1. The van der Waals surface area contributed by atoms with Crippen LogP contribution in [-0.4, -0.2) is 30.1 Å². The molecule has 1 heterocycles. The number of hydrogen-bond donors (Lipinski definition) is 3. The smallest absolute Gasteiger partial charge is 0.325 e. The molecule has 0 fully saturated rings. The number of pyridine rings is 1. The fraction of sp³-hybridized carbons (Fsp3) is 0.278. The summed E-state index contributed by atoms with van der Waals surface area (Å²) in [5, 5.41) is 7.96. The minimum Gasteiger partial charge on any atom is -0.481 e. The number of hydrogen-bond acceptors (Lipinski definition) is 5. The van der Waals surface area contributed by atoms with Gasteiger partial charge < -0.3 is 15.4 Å². The second kappa shape index (κ2) is 8.14. The second-order valence-corrected chi connectivity index (χ2v) is 5.72. The Balaban J connectivity index is 1.89. The lowest BCUT2D eigenvalue weighted by Gasteiger charge is -2.15. The van der Waals surface area contributed by atoms with Gasteiger partial charge in [-0.05, 0) is 38.5 Å². The lowest BCUT2D eigenvalue weighted by molar-refractivity contribution is -0.120. The van der Waals surface area contributed by atoms with Crippen LogP contribution >= 0.6 is 0 Å². The highest BCUT2D eigenvalue weighted by molar-refractivity contribution is 6.03. The molecular formula is C18H22N4O3. The van der Waals surface area contributed by atoms with Gasteiger partial charge >= 0.3 is 6.03 Å². The first-order chi connectivity index (χ1) is 11.9. The van der Waals surface area contributed by atoms with Gasteiger partial charge in [-0.15, -0.1) is 0 Å². The third-order valence-electron chi connectivity index (χ3n) is 3.59. The fourth-order valence-electron chi connectivity index (χ4n) is 2.23. The third kappa shape index (κ3) is 5.20. The van der Waals surface area contributed by atoms with Crippen molar-refractivity contribution in [1.82, 2.24) is 10.3 Å². The van der Waals surface area contributed by atoms with Crippen molar-refractivity contribution in [2.75, 3.05) is 17.7 Å². The van der Waals surface area contributed by atoms with Crippen LogP contribution in [0, 0.1) is 13.8 Å². The molecule has 0 radical (unpaired) electrons. The first-order valence-corrected chi connectivity index (χ1v) is 7.84. The number of anilines is 2. The van der Waals surface area contributed by atoms with Gasteiger partial charge in [-0.25, -0.2) is 9.78 Å². The highest BCUT2D eigenvalue weighted by Crippen LogP contribution is 2.16. The molecule has 25 heavy (non-hydrogen) atoms. The summed E-state index contributed by atoms with van der Waals surface area (Å²) in [5.41, 5.74) is 3.35. The number of rotatable bonds is 5. The zero-order chi connectivity index (χ0) is 18.4. The molecule has 2 aromatic rings. The standard InChI is InChI=1S/C18H22N4O3/c1-11-5-7-15(12(2)9-11)21-18(24)22-17(23)13(3)20-14-6-8-16(25-4)19-10-14/h5-10,13,20H,1-4H3,(H2,21,22,23,24)/t13-/m0/s1. The van der Waals surface area contributed by atoms with Crippen LogP contribution in [0.2, 0.25) is 0 Å². The molecule has 7 heteroatoms. The number of nitrogens with one attached hydrogen (secondary N) is 3. The molecule has 0 aliphatic carbocycles. The fourth-order valence-corrected chi connectivity index (χ4v) is 2.23. The van der Waals surface area contributed by atoms with Gasteiger partial charge in [-0.3, -0.25) is 10.1 Å². The first kappa shape index (κ1) is 18.3. The Morgan fingerprint density at radius 3 is 2.52 bits per heavy atom. The van der Waals surface area contributed by atoms with Gasteiger partial charge in [-0.1, -0.05) is 17.7 Å². The van der Waals surface area contributed by atoms with E-state index < -0.39 is 18.0 Å². The van der Waals surface area contributed by atoms with Crippen molar-refractivity contribution in [3.63, 3.8) is 0 Å². The summed E-state index contributed by atoms with van der Waals surface area (Å²) < 4.78 is 4.98. The Morgan fingerprint density at radius 1 is 1.16 bits per heavy atom. The van der Waals surface area contributed by atoms with Crippen LogP contribution in [0.3, 0.4) is 0 Å². The summed E-state index contributed by atoms with van der Waals surface area (Å²) in [5.74, 6) is 0.0357. The molecule has 1 aromatic heterocycles. The number of benzene rings is 1. The number of ether oxygens (including phenoxy) is 1. The Labute approximate surface area is 146 Å². The van der Waals surface area contributed by atoms with E-state index in [4.69, 9.17) is 4.74 Å². The summed E-state index contributed by atoms with van der Waals surface area (Å²) in [6, 6.07) is 7.90. The van der Waals surface area contributed by atoms with E-state index in [1.807, 2.05) is 26.0 Å². The lowest BCUT2D eigenvalue weighted by atomic mass is 10.1. The minimum atomic E-state index is -0.611. The highest BCUT2D eigenvalue weighted by Gasteiger charge is 2.16. The molecule has 0 unspecified atom stereocenters. The van der Waals surface area contributed by atoms with E-state index in [1.165, 1.54) is 7.11 Å². The van der Waals surface area contributed by atoms with E-state index in [2.05, 4.69) is 20.9 Å². The van der Waals surface area contributed by atoms with Gasteiger partial charge in [0.2, 0.25) is 11.8 Å². The quantitative estimate of drug-likeness (QED) is 0.777. The van der Waals surface area contributed by atoms with Crippen LogP contribution in [-0.2, 0) is 4.79 Å². The molecule has 0 bridgehead atoms. The molecular weight excluding hydrogens is 320 g/mol. The molecule has 0 saturated carbocycles. The normalized spacial score (nSPS) is 11.4. The van der Waals surface area contributed by atoms with Crippen molar-refractivity contribution in [3.8, 4) is 5.88 Å². The first-order valence-electron chi connectivity index (χ1n) is 7.84. The van der Waals surface area contributed by atoms with Gasteiger partial charge in [0, 0.05) is 11.8 Å². The van der Waals surface area contributed by atoms with Crippen LogP contribution in [0.25, 0.3) is 0 Å². The predicted octanol–water partition coefficient (Wildman–Crippen LogP) is 2.86. The van der Waals surface area contributed by atoms with Crippen LogP contribution in [0.15, 0.2) is 36.5 Å². The Hall–Kier alpha value is -3.09. The topological polar surface area (TPSA) is 92.4 Å². The number of nitrogens with zero attached hydrogens (tertiary/aromatic N) is 1. The van der Waals surface area contributed by atoms with Crippen molar-refractivity contribution < 1.29 is 14.3 Å². The molecule has 0 spiro atoms. The average Bonchev–Trinajstić information content (AvgIpc) is 2.58. The number of amides is 3. The van der Waals surface area contributed by atoms with Crippen LogP contribution in [0.5, 0.6) is 5.88 Å². The third-order valence-corrected chi connectivity index (χ3v) is 3.59. The van der Waals surface area contributed by atoms with E-state index in [-0.39, 0.29) is 0 Å². The summed E-state index contributed by atoms with van der Waals surface area (Å²) in [6.45, 7) is 5.52. The molecule has 132 valence electrons. The number of urea groups is 1. The van der Waals surface area contributed by atoms with E-state index in [9.17, 15) is 9.59 Å². The Kier molecular flexibility index (Phi) is 5.94. The van der Waals surface area contributed by atoms with Crippen LogP contribution in [0.1, 0.15) is 18.1 Å². The summed E-state index contributed by atoms with van der Waals surface area (Å²) in [4.78, 5) is 28.2. The van der Waals surface area contributed by atoms with E-state index in [0.29, 0.717) is 17.3 Å². The van der Waals surface area contributed by atoms with Crippen molar-refractivity contribution in [2.24, 2.45) is 0 Å². The number of carbonyl (C=O) groups excluding carboxylic acids is 2. The summed E-state index contributed by atoms with van der Waals surface area (Å²) in [7, 11) is 1.53. The molecule has 2 rings (SSSR count). The second-order valence-electron chi connectivity index (χ2n) is 5.72. The number of methoxy groups -OCH3 is 1. The maximum Gasteiger partial charge on any atom is 0.325 e. The predicted molar refractivity (Wildman–Crippen MR) is 97.0 cm³/mol. The summed E-state index contributed by atoms with van der Waals surface area (Å²) in [6.07, 6.45) is 1.55. The average molecular weight is 342 g/mol. The van der Waals surface area contributed by atoms with Crippen LogP contribution < -0.4 is 20.7 Å². The van der Waals surface area contributed by atoms with Gasteiger partial charge in [-0.2, -0.15) is 0 Å². The molecule has 0 saturated heterocycles. The lowest BCUT2D eigenvalue weighted by Crippen LogP contribution is -2.43. The van der Waals surface area contributed by atoms with E-state index in [0.717, 1.165) is 11.1 Å². The number of aryl methyl sites for hydroxylation is 2. The largest absolute Gasteiger partial charge is 0.481 e. The Morgan fingerprint density at radius 2 is 1.92 bits per heavy atom. The highest BCUT2D eigenvalue weighted by atomic mass is 16.5. The molecule has 3 N–H and O–H groups in total. The number of aromatic nitrogens is 1. The van der Waals surface area contributed by atoms with Crippen molar-refractivity contribution in [1.29, 1.82) is 0 Å². The van der Waals surface area contributed by atoms with Crippen molar-refractivity contribution in [2.45, 2.75) is 26.8 Å². The Bertz CT molecular complexity index is 759. The molecule has 0 aliphatic rings. The van der Waals surface area contributed by atoms with E-state index in [1.54, 1.807) is 31.3 Å².